The molecule has 0 atom stereocenters. The van der Waals surface area contributed by atoms with Crippen LogP contribution in [-0.4, -0.2) is 21.6 Å². The van der Waals surface area contributed by atoms with E-state index in [2.05, 4.69) is 15.3 Å². The molecule has 20 heavy (non-hydrogen) atoms. The first-order valence-corrected chi connectivity index (χ1v) is 7.09. The van der Waals surface area contributed by atoms with E-state index in [1.807, 2.05) is 32.0 Å². The minimum absolute atomic E-state index is 0.110. The molecule has 0 saturated heterocycles. The Morgan fingerprint density at radius 2 is 2.15 bits per heavy atom. The van der Waals surface area contributed by atoms with Gasteiger partial charge in [0.25, 0.3) is 0 Å². The Morgan fingerprint density at radius 3 is 2.90 bits per heavy atom. The number of hydrogen-bond acceptors (Lipinski definition) is 4. The second kappa shape index (κ2) is 6.38. The summed E-state index contributed by atoms with van der Waals surface area (Å²) in [6.45, 7) is 3.97. The number of nitrogens with zero attached hydrogens (tertiary/aromatic N) is 1. The van der Waals surface area contributed by atoms with Gasteiger partial charge in [0, 0.05) is 11.9 Å². The molecular weight excluding hydrogens is 274 g/mol. The van der Waals surface area contributed by atoms with Crippen molar-refractivity contribution in [3.8, 4) is 0 Å². The number of rotatable bonds is 4. The molecule has 1 amide bonds. The van der Waals surface area contributed by atoms with Gasteiger partial charge in [0.1, 0.15) is 0 Å². The van der Waals surface area contributed by atoms with E-state index in [0.717, 1.165) is 16.8 Å². The molecule has 0 unspecified atom stereocenters. The van der Waals surface area contributed by atoms with Crippen LogP contribution in [0.1, 0.15) is 11.1 Å². The standard InChI is InChI=1S/C14H15N3O2S/c1-9-4-3-5-11(10(9)2)16-12(18)8-20-13-6-7-15-14(19)17-13/h3-7H,8H2,1-2H3,(H,16,18)(H,15,17,19). The highest BCUT2D eigenvalue weighted by Crippen LogP contribution is 2.19. The van der Waals surface area contributed by atoms with Gasteiger partial charge in [-0.05, 0) is 37.1 Å². The quantitative estimate of drug-likeness (QED) is 0.668. The molecule has 0 fully saturated rings. The zero-order valence-electron chi connectivity index (χ0n) is 11.3. The molecular formula is C14H15N3O2S. The molecule has 0 saturated carbocycles. The number of anilines is 1. The van der Waals surface area contributed by atoms with Crippen LogP contribution in [-0.2, 0) is 4.79 Å². The fourth-order valence-corrected chi connectivity index (χ4v) is 2.33. The van der Waals surface area contributed by atoms with Gasteiger partial charge in [-0.3, -0.25) is 4.79 Å². The van der Waals surface area contributed by atoms with E-state index in [4.69, 9.17) is 0 Å². The van der Waals surface area contributed by atoms with E-state index < -0.39 is 5.69 Å². The minimum atomic E-state index is -0.412. The van der Waals surface area contributed by atoms with Crippen LogP contribution in [0.5, 0.6) is 0 Å². The van der Waals surface area contributed by atoms with Gasteiger partial charge in [0.05, 0.1) is 10.8 Å². The third-order valence-corrected chi connectivity index (χ3v) is 3.84. The molecule has 0 spiro atoms. The molecule has 6 heteroatoms. The first-order valence-electron chi connectivity index (χ1n) is 6.10. The summed E-state index contributed by atoms with van der Waals surface area (Å²) >= 11 is 1.26. The summed E-state index contributed by atoms with van der Waals surface area (Å²) in [7, 11) is 0. The SMILES string of the molecule is Cc1cccc(NC(=O)CSc2ccnc(=O)[nH]2)c1C. The summed E-state index contributed by atoms with van der Waals surface area (Å²) < 4.78 is 0. The van der Waals surface area contributed by atoms with Crippen molar-refractivity contribution in [2.45, 2.75) is 18.9 Å². The van der Waals surface area contributed by atoms with Gasteiger partial charge in [-0.2, -0.15) is 0 Å². The van der Waals surface area contributed by atoms with Crippen LogP contribution in [0, 0.1) is 13.8 Å². The largest absolute Gasteiger partial charge is 0.345 e. The minimum Gasteiger partial charge on any atom is -0.325 e. The Morgan fingerprint density at radius 1 is 1.35 bits per heavy atom. The van der Waals surface area contributed by atoms with Crippen molar-refractivity contribution in [1.82, 2.24) is 9.97 Å². The molecule has 104 valence electrons. The molecule has 2 rings (SSSR count). The lowest BCUT2D eigenvalue weighted by molar-refractivity contribution is -0.113. The van der Waals surface area contributed by atoms with Crippen molar-refractivity contribution in [3.05, 3.63) is 52.1 Å². The van der Waals surface area contributed by atoms with Crippen LogP contribution < -0.4 is 11.0 Å². The topological polar surface area (TPSA) is 74.8 Å². The molecule has 1 aromatic carbocycles. The molecule has 2 N–H and O–H groups in total. The number of aromatic amines is 1. The van der Waals surface area contributed by atoms with Gasteiger partial charge >= 0.3 is 5.69 Å². The van der Waals surface area contributed by atoms with Gasteiger partial charge in [0.15, 0.2) is 0 Å². The first kappa shape index (κ1) is 14.3. The number of thioether (sulfide) groups is 1. The molecule has 1 heterocycles. The number of carbonyl (C=O) groups is 1. The van der Waals surface area contributed by atoms with Gasteiger partial charge in [-0.25, -0.2) is 9.78 Å². The van der Waals surface area contributed by atoms with Crippen molar-refractivity contribution in [3.63, 3.8) is 0 Å². The highest BCUT2D eigenvalue weighted by Gasteiger charge is 2.07. The number of benzene rings is 1. The van der Waals surface area contributed by atoms with Crippen LogP contribution in [0.3, 0.4) is 0 Å². The van der Waals surface area contributed by atoms with Gasteiger partial charge < -0.3 is 10.3 Å². The lowest BCUT2D eigenvalue weighted by Gasteiger charge is -2.10. The van der Waals surface area contributed by atoms with Crippen LogP contribution in [0.25, 0.3) is 0 Å². The fourth-order valence-electron chi connectivity index (χ4n) is 1.65. The third-order valence-electron chi connectivity index (χ3n) is 2.89. The Balaban J connectivity index is 1.96. The summed E-state index contributed by atoms with van der Waals surface area (Å²) in [5.41, 5.74) is 2.60. The fraction of sp³-hybridized carbons (Fsp3) is 0.214. The van der Waals surface area contributed by atoms with E-state index >= 15 is 0 Å². The second-order valence-electron chi connectivity index (χ2n) is 4.32. The number of amides is 1. The predicted molar refractivity (Wildman–Crippen MR) is 80.1 cm³/mol. The van der Waals surface area contributed by atoms with E-state index in [1.165, 1.54) is 18.0 Å². The van der Waals surface area contributed by atoms with Crippen molar-refractivity contribution in [2.24, 2.45) is 0 Å². The average molecular weight is 289 g/mol. The molecule has 0 aliphatic heterocycles. The molecule has 0 aliphatic rings. The summed E-state index contributed by atoms with van der Waals surface area (Å²) in [4.78, 5) is 29.0. The summed E-state index contributed by atoms with van der Waals surface area (Å²) in [5.74, 6) is 0.120. The van der Waals surface area contributed by atoms with Gasteiger partial charge in [0.2, 0.25) is 5.91 Å². The van der Waals surface area contributed by atoms with Gasteiger partial charge in [-0.15, -0.1) is 0 Å². The Hall–Kier alpha value is -2.08. The van der Waals surface area contributed by atoms with Crippen LogP contribution in [0.15, 0.2) is 40.3 Å². The molecule has 0 bridgehead atoms. The Labute approximate surface area is 120 Å². The maximum Gasteiger partial charge on any atom is 0.345 e. The van der Waals surface area contributed by atoms with E-state index in [0.29, 0.717) is 5.03 Å². The van der Waals surface area contributed by atoms with Crippen molar-refractivity contribution in [2.75, 3.05) is 11.1 Å². The highest BCUT2D eigenvalue weighted by atomic mass is 32.2. The van der Waals surface area contributed by atoms with Crippen LogP contribution in [0.4, 0.5) is 5.69 Å². The maximum atomic E-state index is 11.9. The maximum absolute atomic E-state index is 11.9. The lowest BCUT2D eigenvalue weighted by atomic mass is 10.1. The zero-order valence-corrected chi connectivity index (χ0v) is 12.1. The van der Waals surface area contributed by atoms with Crippen LogP contribution in [0.2, 0.25) is 0 Å². The average Bonchev–Trinajstić information content (AvgIpc) is 2.42. The molecule has 2 aromatic rings. The lowest BCUT2D eigenvalue weighted by Crippen LogP contribution is -2.16. The van der Waals surface area contributed by atoms with Crippen LogP contribution >= 0.6 is 11.8 Å². The number of aryl methyl sites for hydroxylation is 1. The van der Waals surface area contributed by atoms with Crippen molar-refractivity contribution < 1.29 is 4.79 Å². The first-order chi connectivity index (χ1) is 9.56. The Kier molecular flexibility index (Phi) is 4.57. The number of nitrogens with one attached hydrogen (secondary N) is 2. The zero-order chi connectivity index (χ0) is 14.5. The van der Waals surface area contributed by atoms with E-state index in [9.17, 15) is 9.59 Å². The molecule has 5 nitrogen and oxygen atoms in total. The molecule has 0 radical (unpaired) electrons. The third kappa shape index (κ3) is 3.71. The summed E-state index contributed by atoms with van der Waals surface area (Å²) in [6, 6.07) is 7.45. The normalized spacial score (nSPS) is 10.3. The molecule has 1 aromatic heterocycles. The number of carbonyl (C=O) groups excluding carboxylic acids is 1. The van der Waals surface area contributed by atoms with Crippen molar-refractivity contribution in [1.29, 1.82) is 0 Å². The summed E-state index contributed by atoms with van der Waals surface area (Å²) in [5, 5.41) is 3.49. The van der Waals surface area contributed by atoms with Gasteiger partial charge in [-0.1, -0.05) is 23.9 Å². The highest BCUT2D eigenvalue weighted by molar-refractivity contribution is 7.99. The monoisotopic (exact) mass is 289 g/mol. The molecule has 0 aliphatic carbocycles. The number of aromatic nitrogens is 2. The number of H-pyrrole nitrogens is 1. The van der Waals surface area contributed by atoms with E-state index in [-0.39, 0.29) is 11.7 Å². The Bertz CT molecular complexity index is 682. The van der Waals surface area contributed by atoms with Crippen molar-refractivity contribution >= 4 is 23.4 Å². The second-order valence-corrected chi connectivity index (χ2v) is 5.34. The smallest absolute Gasteiger partial charge is 0.325 e. The summed E-state index contributed by atoms with van der Waals surface area (Å²) in [6.07, 6.45) is 1.42. The predicted octanol–water partition coefficient (Wildman–Crippen LogP) is 2.12. The number of hydrogen-bond donors (Lipinski definition) is 2. The van der Waals surface area contributed by atoms with E-state index in [1.54, 1.807) is 6.07 Å².